The van der Waals surface area contributed by atoms with E-state index in [1.165, 1.54) is 0 Å². The second-order valence-electron chi connectivity index (χ2n) is 6.33. The van der Waals surface area contributed by atoms with Gasteiger partial charge in [-0.1, -0.05) is 56.0 Å². The van der Waals surface area contributed by atoms with Crippen molar-refractivity contribution in [2.75, 3.05) is 19.5 Å². The molecule has 0 aliphatic heterocycles. The Morgan fingerprint density at radius 3 is 2.83 bits per heavy atom. The van der Waals surface area contributed by atoms with Gasteiger partial charge in [0.2, 0.25) is 0 Å². The summed E-state index contributed by atoms with van der Waals surface area (Å²) in [5.41, 5.74) is 3.51. The molecule has 24 heavy (non-hydrogen) atoms. The van der Waals surface area contributed by atoms with Crippen LogP contribution < -0.4 is 5.56 Å². The number of rotatable bonds is 6. The zero-order valence-electron chi connectivity index (χ0n) is 14.3. The molecule has 0 bridgehead atoms. The van der Waals surface area contributed by atoms with Crippen molar-refractivity contribution in [1.29, 1.82) is 0 Å². The summed E-state index contributed by atoms with van der Waals surface area (Å²) in [5.74, 6) is 0.754. The van der Waals surface area contributed by atoms with Gasteiger partial charge in [-0.15, -0.1) is 6.58 Å². The van der Waals surface area contributed by atoms with Crippen molar-refractivity contribution in [2.45, 2.75) is 31.0 Å². The van der Waals surface area contributed by atoms with E-state index in [-0.39, 0.29) is 11.0 Å². The van der Waals surface area contributed by atoms with Crippen molar-refractivity contribution in [3.05, 3.63) is 58.4 Å². The maximum Gasteiger partial charge on any atom is 0.259 e. The molecule has 0 radical (unpaired) electrons. The molecule has 0 amide bonds. The lowest BCUT2D eigenvalue weighted by Gasteiger charge is -2.21. The predicted octanol–water partition coefficient (Wildman–Crippen LogP) is 3.47. The molecule has 0 spiro atoms. The number of benzene rings is 1. The standard InChI is InChI=1S/C19H22N2O2S/c1-5-10-21-17(22)15-16(20-18(21)24-12-11-23-4)13-8-6-7-9-14(13)19(15,2)3/h5-9H,1,10-12H2,2-4H3. The van der Waals surface area contributed by atoms with Crippen molar-refractivity contribution in [1.82, 2.24) is 9.55 Å². The lowest BCUT2D eigenvalue weighted by Crippen LogP contribution is -2.32. The van der Waals surface area contributed by atoms with E-state index in [9.17, 15) is 4.79 Å². The molecule has 4 nitrogen and oxygen atoms in total. The fraction of sp³-hybridized carbons (Fsp3) is 0.368. The van der Waals surface area contributed by atoms with E-state index < -0.39 is 0 Å². The number of ether oxygens (including phenoxy) is 1. The lowest BCUT2D eigenvalue weighted by atomic mass is 9.83. The second kappa shape index (κ2) is 6.57. The lowest BCUT2D eigenvalue weighted by molar-refractivity contribution is 0.218. The van der Waals surface area contributed by atoms with Crippen LogP contribution in [-0.4, -0.2) is 29.0 Å². The van der Waals surface area contributed by atoms with Gasteiger partial charge in [0.1, 0.15) is 0 Å². The van der Waals surface area contributed by atoms with Crippen LogP contribution in [0.15, 0.2) is 46.9 Å². The monoisotopic (exact) mass is 342 g/mol. The molecule has 1 aliphatic carbocycles. The summed E-state index contributed by atoms with van der Waals surface area (Å²) in [4.78, 5) is 18.1. The normalized spacial score (nSPS) is 14.3. The quantitative estimate of drug-likeness (QED) is 0.349. The molecule has 0 saturated carbocycles. The third-order valence-electron chi connectivity index (χ3n) is 4.44. The van der Waals surface area contributed by atoms with Crippen LogP contribution in [0.25, 0.3) is 11.3 Å². The molecule has 2 aromatic rings. The molecule has 0 unspecified atom stereocenters. The third-order valence-corrected chi connectivity index (χ3v) is 5.39. The van der Waals surface area contributed by atoms with E-state index in [0.29, 0.717) is 13.2 Å². The van der Waals surface area contributed by atoms with Crippen molar-refractivity contribution < 1.29 is 4.74 Å². The van der Waals surface area contributed by atoms with E-state index in [1.807, 2.05) is 12.1 Å². The highest BCUT2D eigenvalue weighted by atomic mass is 32.2. The smallest absolute Gasteiger partial charge is 0.259 e. The maximum atomic E-state index is 13.2. The number of fused-ring (bicyclic) bond motifs is 3. The molecule has 126 valence electrons. The number of nitrogens with zero attached hydrogens (tertiary/aromatic N) is 2. The zero-order chi connectivity index (χ0) is 17.3. The molecule has 1 aliphatic rings. The minimum Gasteiger partial charge on any atom is -0.384 e. The van der Waals surface area contributed by atoms with E-state index in [1.54, 1.807) is 29.5 Å². The number of allylic oxidation sites excluding steroid dienone is 1. The van der Waals surface area contributed by atoms with Gasteiger partial charge in [-0.05, 0) is 5.56 Å². The van der Waals surface area contributed by atoms with Gasteiger partial charge in [-0.2, -0.15) is 0 Å². The third kappa shape index (κ3) is 2.62. The van der Waals surface area contributed by atoms with E-state index in [2.05, 4.69) is 32.6 Å². The molecule has 0 N–H and O–H groups in total. The SMILES string of the molecule is C=CCn1c(SCCOC)nc2c(c1=O)C(C)(C)c1ccccc1-2. The fourth-order valence-corrected chi connectivity index (χ4v) is 4.18. The number of hydrogen-bond acceptors (Lipinski definition) is 4. The fourth-order valence-electron chi connectivity index (χ4n) is 3.28. The number of hydrogen-bond donors (Lipinski definition) is 0. The summed E-state index contributed by atoms with van der Waals surface area (Å²) in [6.07, 6.45) is 1.74. The average Bonchev–Trinajstić information content (AvgIpc) is 2.79. The van der Waals surface area contributed by atoms with Crippen molar-refractivity contribution in [3.63, 3.8) is 0 Å². The summed E-state index contributed by atoms with van der Waals surface area (Å²) < 4.78 is 6.84. The first-order chi connectivity index (χ1) is 11.5. The summed E-state index contributed by atoms with van der Waals surface area (Å²) >= 11 is 1.55. The molecular weight excluding hydrogens is 320 g/mol. The Labute approximate surface area is 146 Å². The Bertz CT molecular complexity index is 840. The largest absolute Gasteiger partial charge is 0.384 e. The van der Waals surface area contributed by atoms with E-state index in [0.717, 1.165) is 33.3 Å². The van der Waals surface area contributed by atoms with Gasteiger partial charge in [0, 0.05) is 30.4 Å². The van der Waals surface area contributed by atoms with Crippen LogP contribution in [0.4, 0.5) is 0 Å². The molecular formula is C19H22N2O2S. The Morgan fingerprint density at radius 2 is 2.12 bits per heavy atom. The highest BCUT2D eigenvalue weighted by molar-refractivity contribution is 7.99. The highest BCUT2D eigenvalue weighted by Crippen LogP contribution is 2.46. The molecule has 3 rings (SSSR count). The Hall–Kier alpha value is -1.85. The molecule has 1 aromatic heterocycles. The molecule has 0 atom stereocenters. The Morgan fingerprint density at radius 1 is 1.38 bits per heavy atom. The topological polar surface area (TPSA) is 44.1 Å². The molecule has 1 heterocycles. The van der Waals surface area contributed by atoms with Crippen molar-refractivity contribution in [2.24, 2.45) is 0 Å². The summed E-state index contributed by atoms with van der Waals surface area (Å²) in [6.45, 7) is 9.05. The van der Waals surface area contributed by atoms with Gasteiger partial charge in [0.05, 0.1) is 17.9 Å². The Kier molecular flexibility index (Phi) is 4.65. The number of aromatic nitrogens is 2. The van der Waals surface area contributed by atoms with Crippen LogP contribution in [0.3, 0.4) is 0 Å². The van der Waals surface area contributed by atoms with E-state index in [4.69, 9.17) is 9.72 Å². The zero-order valence-corrected chi connectivity index (χ0v) is 15.2. The van der Waals surface area contributed by atoms with Gasteiger partial charge in [0.25, 0.3) is 5.56 Å². The maximum absolute atomic E-state index is 13.2. The average molecular weight is 342 g/mol. The van der Waals surface area contributed by atoms with Crippen LogP contribution in [0, 0.1) is 0 Å². The second-order valence-corrected chi connectivity index (χ2v) is 7.40. The number of methoxy groups -OCH3 is 1. The van der Waals surface area contributed by atoms with Crippen LogP contribution >= 0.6 is 11.8 Å². The first-order valence-corrected chi connectivity index (χ1v) is 8.98. The molecule has 5 heteroatoms. The first kappa shape index (κ1) is 17.0. The van der Waals surface area contributed by atoms with Crippen molar-refractivity contribution in [3.8, 4) is 11.3 Å². The summed E-state index contributed by atoms with van der Waals surface area (Å²) in [7, 11) is 1.67. The van der Waals surface area contributed by atoms with Gasteiger partial charge >= 0.3 is 0 Å². The highest BCUT2D eigenvalue weighted by Gasteiger charge is 2.40. The van der Waals surface area contributed by atoms with Crippen LogP contribution in [-0.2, 0) is 16.7 Å². The molecule has 0 fully saturated rings. The first-order valence-electron chi connectivity index (χ1n) is 8.00. The molecule has 1 aromatic carbocycles. The summed E-state index contributed by atoms with van der Waals surface area (Å²) in [6, 6.07) is 8.16. The van der Waals surface area contributed by atoms with Crippen LogP contribution in [0.2, 0.25) is 0 Å². The molecule has 0 saturated heterocycles. The number of thioether (sulfide) groups is 1. The Balaban J connectivity index is 2.22. The van der Waals surface area contributed by atoms with Gasteiger partial charge in [0.15, 0.2) is 5.16 Å². The van der Waals surface area contributed by atoms with Crippen LogP contribution in [0.1, 0.15) is 25.0 Å². The van der Waals surface area contributed by atoms with Crippen LogP contribution in [0.5, 0.6) is 0 Å². The minimum absolute atomic E-state index is 0.0287. The van der Waals surface area contributed by atoms with Gasteiger partial charge in [-0.25, -0.2) is 4.98 Å². The summed E-state index contributed by atoms with van der Waals surface area (Å²) in [5, 5.41) is 0.725. The van der Waals surface area contributed by atoms with Crippen molar-refractivity contribution >= 4 is 11.8 Å². The van der Waals surface area contributed by atoms with E-state index >= 15 is 0 Å². The predicted molar refractivity (Wildman–Crippen MR) is 98.9 cm³/mol. The van der Waals surface area contributed by atoms with Gasteiger partial charge < -0.3 is 4.74 Å². The van der Waals surface area contributed by atoms with Gasteiger partial charge in [-0.3, -0.25) is 9.36 Å². The minimum atomic E-state index is -0.339.